The predicted octanol–water partition coefficient (Wildman–Crippen LogP) is 1.48. The number of nitrogens with zero attached hydrogens (tertiary/aromatic N) is 1. The molecule has 2 N–H and O–H groups in total. The third-order valence-corrected chi connectivity index (χ3v) is 6.39. The van der Waals surface area contributed by atoms with E-state index in [1.54, 1.807) is 6.07 Å². The van der Waals surface area contributed by atoms with Gasteiger partial charge in [0, 0.05) is 30.6 Å². The number of rotatable bonds is 9. The maximum atomic E-state index is 12.1. The van der Waals surface area contributed by atoms with Gasteiger partial charge in [-0.05, 0) is 39.6 Å². The van der Waals surface area contributed by atoms with Crippen LogP contribution in [0, 0.1) is 0 Å². The standard InChI is InChI=1S/C13H25N3O2S2/c1-5-11(2)16(4)9-8-15-20(17,18)13-7-6-12(19-13)10-14-3/h6-7,11,14-15H,5,8-10H2,1-4H3. The van der Waals surface area contributed by atoms with Crippen LogP contribution >= 0.6 is 11.3 Å². The van der Waals surface area contributed by atoms with Crippen LogP contribution in [0.15, 0.2) is 16.3 Å². The second-order valence-electron chi connectivity index (χ2n) is 4.89. The summed E-state index contributed by atoms with van der Waals surface area (Å²) in [5.41, 5.74) is 0. The Morgan fingerprint density at radius 3 is 2.70 bits per heavy atom. The Bertz CT molecular complexity index is 499. The summed E-state index contributed by atoms with van der Waals surface area (Å²) in [7, 11) is 0.485. The van der Waals surface area contributed by atoms with Gasteiger partial charge in [0.15, 0.2) is 0 Å². The first kappa shape index (κ1) is 17.6. The zero-order chi connectivity index (χ0) is 15.2. The molecule has 0 aliphatic heterocycles. The monoisotopic (exact) mass is 319 g/mol. The lowest BCUT2D eigenvalue weighted by molar-refractivity contribution is 0.256. The molecule has 1 unspecified atom stereocenters. The van der Waals surface area contributed by atoms with Gasteiger partial charge in [0.1, 0.15) is 4.21 Å². The van der Waals surface area contributed by atoms with Crippen molar-refractivity contribution in [2.45, 2.75) is 37.1 Å². The van der Waals surface area contributed by atoms with E-state index in [0.717, 1.165) is 11.3 Å². The van der Waals surface area contributed by atoms with Crippen LogP contribution in [-0.4, -0.2) is 46.5 Å². The van der Waals surface area contributed by atoms with E-state index in [0.29, 0.717) is 29.9 Å². The molecule has 0 aliphatic rings. The van der Waals surface area contributed by atoms with Crippen LogP contribution in [-0.2, 0) is 16.6 Å². The van der Waals surface area contributed by atoms with E-state index in [-0.39, 0.29) is 0 Å². The number of likely N-dealkylation sites (N-methyl/N-ethyl adjacent to an activating group) is 1. The van der Waals surface area contributed by atoms with Crippen LogP contribution in [0.5, 0.6) is 0 Å². The summed E-state index contributed by atoms with van der Waals surface area (Å²) in [5.74, 6) is 0. The molecule has 0 spiro atoms. The number of sulfonamides is 1. The fraction of sp³-hybridized carbons (Fsp3) is 0.692. The highest BCUT2D eigenvalue weighted by Gasteiger charge is 2.16. The molecule has 0 radical (unpaired) electrons. The van der Waals surface area contributed by atoms with Gasteiger partial charge >= 0.3 is 0 Å². The Morgan fingerprint density at radius 2 is 2.10 bits per heavy atom. The van der Waals surface area contributed by atoms with Gasteiger partial charge in [-0.2, -0.15) is 0 Å². The molecule has 116 valence electrons. The number of hydrogen-bond donors (Lipinski definition) is 2. The van der Waals surface area contributed by atoms with E-state index in [2.05, 4.69) is 28.8 Å². The van der Waals surface area contributed by atoms with Gasteiger partial charge < -0.3 is 10.2 Å². The van der Waals surface area contributed by atoms with Crippen molar-refractivity contribution in [2.24, 2.45) is 0 Å². The molecule has 1 aromatic rings. The molecular weight excluding hydrogens is 294 g/mol. The molecule has 5 nitrogen and oxygen atoms in total. The Balaban J connectivity index is 2.52. The van der Waals surface area contributed by atoms with Crippen molar-refractivity contribution in [3.8, 4) is 0 Å². The first-order chi connectivity index (χ1) is 9.40. The van der Waals surface area contributed by atoms with Gasteiger partial charge in [-0.1, -0.05) is 6.92 Å². The maximum absolute atomic E-state index is 12.1. The quantitative estimate of drug-likeness (QED) is 0.724. The van der Waals surface area contributed by atoms with Crippen LogP contribution in [0.25, 0.3) is 0 Å². The maximum Gasteiger partial charge on any atom is 0.250 e. The topological polar surface area (TPSA) is 61.4 Å². The first-order valence-electron chi connectivity index (χ1n) is 6.84. The van der Waals surface area contributed by atoms with Crippen LogP contribution in [0.3, 0.4) is 0 Å². The van der Waals surface area contributed by atoms with Gasteiger partial charge in [0.05, 0.1) is 0 Å². The molecule has 0 amide bonds. The molecule has 1 heterocycles. The number of hydrogen-bond acceptors (Lipinski definition) is 5. The second kappa shape index (κ2) is 8.09. The highest BCUT2D eigenvalue weighted by Crippen LogP contribution is 2.21. The Morgan fingerprint density at radius 1 is 1.40 bits per heavy atom. The molecule has 1 rings (SSSR count). The Labute approximate surface area is 126 Å². The molecule has 0 saturated heterocycles. The molecule has 1 aromatic heterocycles. The molecule has 0 aromatic carbocycles. The summed E-state index contributed by atoms with van der Waals surface area (Å²) >= 11 is 1.31. The van der Waals surface area contributed by atoms with Gasteiger partial charge in [-0.15, -0.1) is 11.3 Å². The Hall–Kier alpha value is -0.470. The summed E-state index contributed by atoms with van der Waals surface area (Å²) in [6.07, 6.45) is 1.06. The molecule has 0 bridgehead atoms. The van der Waals surface area contributed by atoms with Gasteiger partial charge in [-0.3, -0.25) is 0 Å². The smallest absolute Gasteiger partial charge is 0.250 e. The summed E-state index contributed by atoms with van der Waals surface area (Å²) in [4.78, 5) is 3.17. The van der Waals surface area contributed by atoms with Crippen molar-refractivity contribution in [3.63, 3.8) is 0 Å². The molecule has 7 heteroatoms. The third kappa shape index (κ3) is 5.14. The molecule has 0 fully saturated rings. The van der Waals surface area contributed by atoms with E-state index < -0.39 is 10.0 Å². The number of nitrogens with one attached hydrogen (secondary N) is 2. The lowest BCUT2D eigenvalue weighted by atomic mass is 10.2. The van der Waals surface area contributed by atoms with Crippen molar-refractivity contribution in [1.82, 2.24) is 14.9 Å². The first-order valence-corrected chi connectivity index (χ1v) is 9.14. The van der Waals surface area contributed by atoms with Crippen molar-refractivity contribution < 1.29 is 8.42 Å². The van der Waals surface area contributed by atoms with Crippen molar-refractivity contribution >= 4 is 21.4 Å². The van der Waals surface area contributed by atoms with Crippen molar-refractivity contribution in [1.29, 1.82) is 0 Å². The van der Waals surface area contributed by atoms with Crippen LogP contribution in [0.4, 0.5) is 0 Å². The van der Waals surface area contributed by atoms with Gasteiger partial charge in [-0.25, -0.2) is 13.1 Å². The lowest BCUT2D eigenvalue weighted by Crippen LogP contribution is -2.36. The highest BCUT2D eigenvalue weighted by molar-refractivity contribution is 7.91. The minimum absolute atomic E-state index is 0.383. The SMILES string of the molecule is CCC(C)N(C)CCNS(=O)(=O)c1ccc(CNC)s1. The summed E-state index contributed by atoms with van der Waals surface area (Å²) < 4.78 is 27.3. The fourth-order valence-corrected chi connectivity index (χ4v) is 4.16. The van der Waals surface area contributed by atoms with Crippen LogP contribution < -0.4 is 10.0 Å². The summed E-state index contributed by atoms with van der Waals surface area (Å²) in [6.45, 7) is 6.10. The minimum Gasteiger partial charge on any atom is -0.315 e. The molecule has 0 aliphatic carbocycles. The van der Waals surface area contributed by atoms with E-state index in [1.165, 1.54) is 11.3 Å². The zero-order valence-electron chi connectivity index (χ0n) is 12.6. The third-order valence-electron chi connectivity index (χ3n) is 3.35. The van der Waals surface area contributed by atoms with E-state index in [9.17, 15) is 8.42 Å². The molecule has 0 saturated carbocycles. The van der Waals surface area contributed by atoms with Gasteiger partial charge in [0.2, 0.25) is 10.0 Å². The predicted molar refractivity (Wildman–Crippen MR) is 84.7 cm³/mol. The normalized spacial score (nSPS) is 13.8. The molecular formula is C13H25N3O2S2. The van der Waals surface area contributed by atoms with Gasteiger partial charge in [0.25, 0.3) is 0 Å². The van der Waals surface area contributed by atoms with Crippen LogP contribution in [0.2, 0.25) is 0 Å². The van der Waals surface area contributed by atoms with Crippen LogP contribution in [0.1, 0.15) is 25.1 Å². The lowest BCUT2D eigenvalue weighted by Gasteiger charge is -2.23. The van der Waals surface area contributed by atoms with E-state index >= 15 is 0 Å². The summed E-state index contributed by atoms with van der Waals surface area (Å²) in [5, 5.41) is 3.01. The average Bonchev–Trinajstić information content (AvgIpc) is 2.87. The average molecular weight is 319 g/mol. The largest absolute Gasteiger partial charge is 0.315 e. The molecule has 20 heavy (non-hydrogen) atoms. The zero-order valence-corrected chi connectivity index (χ0v) is 14.3. The second-order valence-corrected chi connectivity index (χ2v) is 8.05. The minimum atomic E-state index is -3.37. The summed E-state index contributed by atoms with van der Waals surface area (Å²) in [6, 6.07) is 3.97. The van der Waals surface area contributed by atoms with Crippen molar-refractivity contribution in [3.05, 3.63) is 17.0 Å². The Kier molecular flexibility index (Phi) is 7.11. The fourth-order valence-electron chi connectivity index (χ4n) is 1.73. The number of thiophene rings is 1. The molecule has 1 atom stereocenters. The van der Waals surface area contributed by atoms with E-state index in [4.69, 9.17) is 0 Å². The highest BCUT2D eigenvalue weighted by atomic mass is 32.2. The van der Waals surface area contributed by atoms with Crippen molar-refractivity contribution in [2.75, 3.05) is 27.2 Å². The van der Waals surface area contributed by atoms with E-state index in [1.807, 2.05) is 20.2 Å².